The molecule has 16 rings (SSSR count). The quantitative estimate of drug-likeness (QED) is 0.154. The Labute approximate surface area is 506 Å². The molecule has 84 heavy (non-hydrogen) atoms. The summed E-state index contributed by atoms with van der Waals surface area (Å²) in [5.41, 5.74) is 28.6. The normalized spacial score (nSPS) is 21.7. The lowest BCUT2D eigenvalue weighted by molar-refractivity contribution is 0.188. The molecule has 5 aliphatic carbocycles. The summed E-state index contributed by atoms with van der Waals surface area (Å²) in [6.07, 6.45) is 9.61. The van der Waals surface area contributed by atoms with Crippen molar-refractivity contribution < 1.29 is 0 Å². The summed E-state index contributed by atoms with van der Waals surface area (Å²) in [5.74, 6) is 0. The zero-order valence-electron chi connectivity index (χ0n) is 52.5. The first-order chi connectivity index (χ1) is 39.9. The van der Waals surface area contributed by atoms with Crippen LogP contribution in [0, 0.1) is 6.92 Å². The maximum absolute atomic E-state index is 2.81. The summed E-state index contributed by atoms with van der Waals surface area (Å²) in [7, 11) is 0. The van der Waals surface area contributed by atoms with Crippen LogP contribution in [0.3, 0.4) is 0 Å². The third kappa shape index (κ3) is 7.88. The number of hydrogen-bond acceptors (Lipinski definition) is 4. The molecule has 0 N–H and O–H groups in total. The van der Waals surface area contributed by atoms with Crippen LogP contribution < -0.4 is 30.4 Å². The molecule has 8 aromatic carbocycles. The van der Waals surface area contributed by atoms with Crippen LogP contribution in [0.5, 0.6) is 0 Å². The van der Waals surface area contributed by atoms with E-state index in [0.29, 0.717) is 0 Å². The Bertz CT molecular complexity index is 4180. The zero-order chi connectivity index (χ0) is 58.4. The Balaban J connectivity index is 1.14. The summed E-state index contributed by atoms with van der Waals surface area (Å²) in [6, 6.07) is 62.6. The highest BCUT2D eigenvalue weighted by molar-refractivity contribution is 7.33. The average Bonchev–Trinajstić information content (AvgIpc) is 1.23. The number of benzene rings is 8. The van der Waals surface area contributed by atoms with E-state index < -0.39 is 0 Å². The molecule has 2 aliphatic heterocycles. The third-order valence-electron chi connectivity index (χ3n) is 22.4. The number of para-hydroxylation sites is 2. The Morgan fingerprint density at radius 2 is 1.04 bits per heavy atom. The van der Waals surface area contributed by atoms with Gasteiger partial charge in [0, 0.05) is 54.6 Å². The van der Waals surface area contributed by atoms with Gasteiger partial charge in [0.05, 0.1) is 17.1 Å². The number of anilines is 9. The molecule has 0 atom stereocenters. The molecule has 7 aliphatic rings. The van der Waals surface area contributed by atoms with E-state index in [4.69, 9.17) is 0 Å². The van der Waals surface area contributed by atoms with Crippen molar-refractivity contribution in [2.45, 2.75) is 186 Å². The number of thiophene rings is 1. The topological polar surface area (TPSA) is 9.72 Å². The lowest BCUT2D eigenvalue weighted by atomic mass is 9.35. The van der Waals surface area contributed by atoms with Crippen molar-refractivity contribution in [3.8, 4) is 11.1 Å². The first kappa shape index (κ1) is 53.9. The van der Waals surface area contributed by atoms with Crippen LogP contribution in [0.25, 0.3) is 21.2 Å². The van der Waals surface area contributed by atoms with Crippen molar-refractivity contribution in [1.82, 2.24) is 0 Å². The number of fused-ring (bicyclic) bond motifs is 10. The molecule has 1 aromatic heterocycles. The second-order valence-electron chi connectivity index (χ2n) is 30.8. The summed E-state index contributed by atoms with van der Waals surface area (Å²) in [4.78, 5) is 8.12. The van der Waals surface area contributed by atoms with Crippen LogP contribution in [-0.2, 0) is 37.9 Å². The number of rotatable bonds is 6. The van der Waals surface area contributed by atoms with Crippen LogP contribution >= 0.6 is 11.3 Å². The zero-order valence-corrected chi connectivity index (χ0v) is 53.3. The van der Waals surface area contributed by atoms with Gasteiger partial charge in [0.25, 0.3) is 6.71 Å². The average molecular weight is 1120 g/mol. The molecule has 0 amide bonds. The fourth-order valence-electron chi connectivity index (χ4n) is 16.9. The van der Waals surface area contributed by atoms with E-state index in [1.807, 2.05) is 0 Å². The second-order valence-corrected chi connectivity index (χ2v) is 31.9. The van der Waals surface area contributed by atoms with E-state index >= 15 is 0 Å². The molecular formula is C79H84BN3S. The predicted molar refractivity (Wildman–Crippen MR) is 363 cm³/mol. The maximum atomic E-state index is 2.81. The number of nitrogens with zero attached hydrogens (tertiary/aromatic N) is 3. The molecule has 3 heterocycles. The summed E-state index contributed by atoms with van der Waals surface area (Å²) in [6.45, 7) is 34.6. The summed E-state index contributed by atoms with van der Waals surface area (Å²) in [5, 5.41) is 1.40. The Kier molecular flexibility index (Phi) is 11.6. The highest BCUT2D eigenvalue weighted by Crippen LogP contribution is 2.61. The van der Waals surface area contributed by atoms with Crippen LogP contribution in [-0.4, -0.2) is 6.71 Å². The highest BCUT2D eigenvalue weighted by Gasteiger charge is 2.52. The smallest absolute Gasteiger partial charge is 0.264 e. The number of aryl methyl sites for hydroxylation is 1. The fraction of sp³-hybridized carbons (Fsp3) is 0.367. The van der Waals surface area contributed by atoms with E-state index in [1.54, 1.807) is 11.1 Å². The molecule has 0 saturated heterocycles. The predicted octanol–water partition coefficient (Wildman–Crippen LogP) is 20.5. The maximum Gasteiger partial charge on any atom is 0.264 e. The minimum absolute atomic E-state index is 0.000250. The van der Waals surface area contributed by atoms with Gasteiger partial charge in [-0.15, -0.1) is 11.3 Å². The molecule has 2 bridgehead atoms. The molecule has 9 aromatic rings. The van der Waals surface area contributed by atoms with Crippen molar-refractivity contribution in [3.05, 3.63) is 202 Å². The van der Waals surface area contributed by atoms with E-state index in [-0.39, 0.29) is 44.6 Å². The van der Waals surface area contributed by atoms with Gasteiger partial charge in [-0.2, -0.15) is 0 Å². The van der Waals surface area contributed by atoms with Gasteiger partial charge in [-0.25, -0.2) is 0 Å². The minimum atomic E-state index is -0.0694. The molecule has 0 unspecified atom stereocenters. The summed E-state index contributed by atoms with van der Waals surface area (Å²) >= 11 is 2.09. The van der Waals surface area contributed by atoms with E-state index in [1.165, 1.54) is 136 Å². The van der Waals surface area contributed by atoms with E-state index in [9.17, 15) is 0 Å². The van der Waals surface area contributed by atoms with Gasteiger partial charge in [0.1, 0.15) is 0 Å². The van der Waals surface area contributed by atoms with Crippen molar-refractivity contribution >= 4 is 95.0 Å². The fourth-order valence-corrected chi connectivity index (χ4v) is 18.2. The first-order valence-corrected chi connectivity index (χ1v) is 32.5. The Hall–Kier alpha value is -6.82. The summed E-state index contributed by atoms with van der Waals surface area (Å²) < 4.78 is 2.88. The van der Waals surface area contributed by atoms with Gasteiger partial charge < -0.3 is 14.7 Å². The first-order valence-electron chi connectivity index (χ1n) is 31.7. The van der Waals surface area contributed by atoms with E-state index in [2.05, 4.69) is 281 Å². The van der Waals surface area contributed by atoms with Gasteiger partial charge >= 0.3 is 0 Å². The van der Waals surface area contributed by atoms with Crippen LogP contribution in [0.1, 0.15) is 186 Å². The SMILES string of the molecule is Cc1ccccc1N(c1ccccc1)c1cc2c3c(c1)N(c1ccc(C(C)(C)C)cc1)c1c(sc4cc5c(cc14)C1(C)CCC5(C)CC1)B3c1cc3c(cc1N2c1ccc2c(c1-c1ccccc1)C(C)(C)CCC2(C)C)C(C)(C)CCC3(C)C. The van der Waals surface area contributed by atoms with Crippen molar-refractivity contribution in [2.24, 2.45) is 0 Å². The molecule has 3 nitrogen and oxygen atoms in total. The largest absolute Gasteiger partial charge is 0.311 e. The van der Waals surface area contributed by atoms with Crippen molar-refractivity contribution in [3.63, 3.8) is 0 Å². The van der Waals surface area contributed by atoms with Crippen LogP contribution in [0.2, 0.25) is 0 Å². The van der Waals surface area contributed by atoms with Gasteiger partial charge in [-0.3, -0.25) is 0 Å². The molecule has 1 fully saturated rings. The van der Waals surface area contributed by atoms with Gasteiger partial charge in [0.2, 0.25) is 0 Å². The lowest BCUT2D eigenvalue weighted by Crippen LogP contribution is -2.61. The third-order valence-corrected chi connectivity index (χ3v) is 23.6. The van der Waals surface area contributed by atoms with Gasteiger partial charge in [-0.1, -0.05) is 181 Å². The number of hydrogen-bond donors (Lipinski definition) is 0. The second kappa shape index (κ2) is 18.1. The lowest BCUT2D eigenvalue weighted by Gasteiger charge is -2.52. The standard InChI is InChI=1S/C79H84BN3S/c1-49-23-21-22-28-62(49)81(52-26-19-16-20-27-52)54-43-65-70-66(44-54)83(63-34-33-56-69(68(63)50-24-17-15-18-25-50)77(11,12)38-37-74(56,5)6)64-47-58-57(75(7,8)35-36-76(58,9)10)46-61(64)80(70)72-71(82(65)53-31-29-51(30-32-53)73(2,3)4)55-45-59-60(48-67(55)84-72)79(14)41-39-78(59,13)40-42-79/h15-34,43-48H,35-42H2,1-14H3. The monoisotopic (exact) mass is 1120 g/mol. The van der Waals surface area contributed by atoms with Gasteiger partial charge in [-0.05, 0) is 224 Å². The van der Waals surface area contributed by atoms with Crippen LogP contribution in [0.4, 0.5) is 51.2 Å². The van der Waals surface area contributed by atoms with Crippen molar-refractivity contribution in [2.75, 3.05) is 14.7 Å². The molecule has 1 saturated carbocycles. The minimum Gasteiger partial charge on any atom is -0.311 e. The van der Waals surface area contributed by atoms with E-state index in [0.717, 1.165) is 37.1 Å². The highest BCUT2D eigenvalue weighted by atomic mass is 32.1. The van der Waals surface area contributed by atoms with Crippen LogP contribution in [0.15, 0.2) is 158 Å². The molecular weight excluding hydrogens is 1030 g/mol. The molecule has 424 valence electrons. The Morgan fingerprint density at radius 1 is 0.476 bits per heavy atom. The molecule has 0 spiro atoms. The van der Waals surface area contributed by atoms with Crippen molar-refractivity contribution in [1.29, 1.82) is 0 Å². The molecule has 0 radical (unpaired) electrons. The van der Waals surface area contributed by atoms with Gasteiger partial charge in [0.15, 0.2) is 0 Å². The molecule has 5 heteroatoms. The Morgan fingerprint density at radius 3 is 1.67 bits per heavy atom.